The highest BCUT2D eigenvalue weighted by molar-refractivity contribution is 5.79. The second-order valence-electron chi connectivity index (χ2n) is 3.82. The molecule has 0 aliphatic heterocycles. The summed E-state index contributed by atoms with van der Waals surface area (Å²) in [5, 5.41) is 0. The summed E-state index contributed by atoms with van der Waals surface area (Å²) >= 11 is 0. The quantitative estimate of drug-likeness (QED) is 0.654. The molecule has 84 valence electrons. The van der Waals surface area contributed by atoms with Crippen LogP contribution in [0, 0.1) is 11.6 Å². The van der Waals surface area contributed by atoms with Crippen molar-refractivity contribution in [3.63, 3.8) is 0 Å². The molecule has 0 aliphatic rings. The minimum absolute atomic E-state index is 0.118. The molecular formula is C14H14F2. The maximum Gasteiger partial charge on any atom is 0.141 e. The maximum atomic E-state index is 14.0. The molecule has 0 saturated heterocycles. The first-order chi connectivity index (χ1) is 7.36. The Kier molecular flexibility index (Phi) is 3.43. The molecule has 2 heteroatoms. The number of halogens is 2. The Morgan fingerprint density at radius 1 is 1.06 bits per heavy atom. The lowest BCUT2D eigenvalue weighted by atomic mass is 9.96. The van der Waals surface area contributed by atoms with Crippen molar-refractivity contribution in [3.05, 3.63) is 60.2 Å². The Labute approximate surface area is 94.6 Å². The molecule has 16 heavy (non-hydrogen) atoms. The van der Waals surface area contributed by atoms with Crippen LogP contribution in [-0.4, -0.2) is 0 Å². The normalized spacial score (nSPS) is 10.0. The van der Waals surface area contributed by atoms with Crippen molar-refractivity contribution in [1.82, 2.24) is 0 Å². The van der Waals surface area contributed by atoms with E-state index in [0.717, 1.165) is 0 Å². The Bertz CT molecular complexity index is 482. The SMILES string of the molecule is C=C(C)C(=C)c1c(F)ccc(C(=C)C)c1F. The molecule has 1 aromatic carbocycles. The van der Waals surface area contributed by atoms with Crippen LogP contribution < -0.4 is 0 Å². The van der Waals surface area contributed by atoms with E-state index < -0.39 is 11.6 Å². The molecule has 0 spiro atoms. The molecule has 0 saturated carbocycles. The van der Waals surface area contributed by atoms with Crippen LogP contribution in [0.5, 0.6) is 0 Å². The lowest BCUT2D eigenvalue weighted by Gasteiger charge is -2.11. The molecule has 0 nitrogen and oxygen atoms in total. The van der Waals surface area contributed by atoms with Crippen LogP contribution in [0.4, 0.5) is 8.78 Å². The first kappa shape index (κ1) is 12.4. The zero-order valence-electron chi connectivity index (χ0n) is 9.53. The molecule has 1 rings (SSSR count). The summed E-state index contributed by atoms with van der Waals surface area (Å²) in [5.74, 6) is -1.25. The summed E-state index contributed by atoms with van der Waals surface area (Å²) in [6.07, 6.45) is 0. The van der Waals surface area contributed by atoms with Gasteiger partial charge in [-0.1, -0.05) is 25.3 Å². The van der Waals surface area contributed by atoms with Crippen molar-refractivity contribution in [3.8, 4) is 0 Å². The van der Waals surface area contributed by atoms with Gasteiger partial charge in [-0.05, 0) is 37.1 Å². The summed E-state index contributed by atoms with van der Waals surface area (Å²) in [5.41, 5.74) is 1.55. The van der Waals surface area contributed by atoms with Gasteiger partial charge in [0.25, 0.3) is 0 Å². The second kappa shape index (κ2) is 4.44. The predicted molar refractivity (Wildman–Crippen MR) is 64.9 cm³/mol. The molecule has 0 aromatic heterocycles. The predicted octanol–water partition coefficient (Wildman–Crippen LogP) is 4.59. The number of benzene rings is 1. The van der Waals surface area contributed by atoms with E-state index in [9.17, 15) is 8.78 Å². The Morgan fingerprint density at radius 3 is 2.06 bits per heavy atom. The van der Waals surface area contributed by atoms with Gasteiger partial charge in [-0.25, -0.2) is 8.78 Å². The van der Waals surface area contributed by atoms with Gasteiger partial charge in [0.2, 0.25) is 0 Å². The first-order valence-corrected chi connectivity index (χ1v) is 4.85. The van der Waals surface area contributed by atoms with Crippen LogP contribution in [0.3, 0.4) is 0 Å². The zero-order valence-corrected chi connectivity index (χ0v) is 9.53. The van der Waals surface area contributed by atoms with E-state index in [4.69, 9.17) is 0 Å². The first-order valence-electron chi connectivity index (χ1n) is 4.85. The fraction of sp³-hybridized carbons (Fsp3) is 0.143. The van der Waals surface area contributed by atoms with Crippen LogP contribution >= 0.6 is 0 Å². The van der Waals surface area contributed by atoms with E-state index in [-0.39, 0.29) is 11.1 Å². The minimum Gasteiger partial charge on any atom is -0.206 e. The monoisotopic (exact) mass is 220 g/mol. The Morgan fingerprint density at radius 2 is 1.62 bits per heavy atom. The molecule has 0 fully saturated rings. The third-order valence-electron chi connectivity index (χ3n) is 2.37. The summed E-state index contributed by atoms with van der Waals surface area (Å²) in [4.78, 5) is 0. The fourth-order valence-corrected chi connectivity index (χ4v) is 1.37. The number of hydrogen-bond acceptors (Lipinski definition) is 0. The van der Waals surface area contributed by atoms with Gasteiger partial charge in [0, 0.05) is 5.56 Å². The van der Waals surface area contributed by atoms with E-state index >= 15 is 0 Å². The van der Waals surface area contributed by atoms with Gasteiger partial charge < -0.3 is 0 Å². The molecule has 0 N–H and O–H groups in total. The zero-order chi connectivity index (χ0) is 12.5. The average molecular weight is 220 g/mol. The van der Waals surface area contributed by atoms with Gasteiger partial charge in [0.1, 0.15) is 11.6 Å². The number of rotatable bonds is 3. The summed E-state index contributed by atoms with van der Waals surface area (Å²) < 4.78 is 27.5. The van der Waals surface area contributed by atoms with Gasteiger partial charge in [0.15, 0.2) is 0 Å². The molecule has 0 radical (unpaired) electrons. The van der Waals surface area contributed by atoms with Crippen LogP contribution in [0.15, 0.2) is 37.4 Å². The highest BCUT2D eigenvalue weighted by Gasteiger charge is 2.16. The Balaban J connectivity index is 3.49. The van der Waals surface area contributed by atoms with Crippen LogP contribution in [-0.2, 0) is 0 Å². The lowest BCUT2D eigenvalue weighted by molar-refractivity contribution is 0.575. The van der Waals surface area contributed by atoms with Crippen LogP contribution in [0.1, 0.15) is 25.0 Å². The van der Waals surface area contributed by atoms with E-state index in [1.807, 2.05) is 0 Å². The van der Waals surface area contributed by atoms with Crippen molar-refractivity contribution in [1.29, 1.82) is 0 Å². The van der Waals surface area contributed by atoms with Crippen molar-refractivity contribution in [2.75, 3.05) is 0 Å². The second-order valence-corrected chi connectivity index (χ2v) is 3.82. The standard InChI is InChI=1S/C14H14F2/c1-8(2)10(5)13-12(15)7-6-11(9(3)4)14(13)16/h6-7H,1,3,5H2,2,4H3. The molecule has 0 aliphatic carbocycles. The summed E-state index contributed by atoms with van der Waals surface area (Å²) in [6.45, 7) is 14.2. The van der Waals surface area contributed by atoms with Crippen molar-refractivity contribution < 1.29 is 8.78 Å². The van der Waals surface area contributed by atoms with E-state index in [1.165, 1.54) is 12.1 Å². The van der Waals surface area contributed by atoms with Crippen LogP contribution in [0.2, 0.25) is 0 Å². The van der Waals surface area contributed by atoms with Gasteiger partial charge in [-0.3, -0.25) is 0 Å². The van der Waals surface area contributed by atoms with Crippen LogP contribution in [0.25, 0.3) is 11.1 Å². The largest absolute Gasteiger partial charge is 0.206 e. The van der Waals surface area contributed by atoms with E-state index in [0.29, 0.717) is 16.7 Å². The molecule has 0 bridgehead atoms. The minimum atomic E-state index is -0.629. The van der Waals surface area contributed by atoms with Gasteiger partial charge in [-0.2, -0.15) is 0 Å². The lowest BCUT2D eigenvalue weighted by Crippen LogP contribution is -1.99. The molecule has 0 heterocycles. The van der Waals surface area contributed by atoms with Crippen molar-refractivity contribution in [2.24, 2.45) is 0 Å². The molecule has 1 aromatic rings. The van der Waals surface area contributed by atoms with Crippen molar-refractivity contribution >= 4 is 11.1 Å². The third-order valence-corrected chi connectivity index (χ3v) is 2.37. The highest BCUT2D eigenvalue weighted by Crippen LogP contribution is 2.29. The maximum absolute atomic E-state index is 14.0. The number of allylic oxidation sites excluding steroid dienone is 3. The third kappa shape index (κ3) is 2.11. The Hall–Kier alpha value is -1.70. The van der Waals surface area contributed by atoms with Gasteiger partial charge in [-0.15, -0.1) is 0 Å². The van der Waals surface area contributed by atoms with Gasteiger partial charge >= 0.3 is 0 Å². The summed E-state index contributed by atoms with van der Waals surface area (Å²) in [7, 11) is 0. The van der Waals surface area contributed by atoms with Gasteiger partial charge in [0.05, 0.1) is 5.56 Å². The highest BCUT2D eigenvalue weighted by atomic mass is 19.1. The topological polar surface area (TPSA) is 0 Å². The van der Waals surface area contributed by atoms with E-state index in [2.05, 4.69) is 19.7 Å². The molecule has 0 unspecified atom stereocenters. The number of hydrogen-bond donors (Lipinski definition) is 0. The fourth-order valence-electron chi connectivity index (χ4n) is 1.37. The smallest absolute Gasteiger partial charge is 0.141 e. The van der Waals surface area contributed by atoms with Crippen molar-refractivity contribution in [2.45, 2.75) is 13.8 Å². The molecule has 0 amide bonds. The molecular weight excluding hydrogens is 206 g/mol. The van der Waals surface area contributed by atoms with E-state index in [1.54, 1.807) is 13.8 Å². The summed E-state index contributed by atoms with van der Waals surface area (Å²) in [6, 6.07) is 2.60. The molecule has 0 atom stereocenters. The average Bonchev–Trinajstić information content (AvgIpc) is 2.16.